The molecular weight excluding hydrogens is 355 g/mol. The normalized spacial score (nSPS) is 19.5. The van der Waals surface area contributed by atoms with Gasteiger partial charge in [-0.25, -0.2) is 22.5 Å². The zero-order valence-electron chi connectivity index (χ0n) is 14.0. The molecule has 2 atom stereocenters. The Kier molecular flexibility index (Phi) is 4.13. The first-order valence-corrected chi connectivity index (χ1v) is 9.71. The summed E-state index contributed by atoms with van der Waals surface area (Å²) >= 11 is 0. The number of aryl methyl sites for hydroxylation is 1. The van der Waals surface area contributed by atoms with Gasteiger partial charge in [-0.1, -0.05) is 24.3 Å². The van der Waals surface area contributed by atoms with Crippen molar-refractivity contribution in [2.45, 2.75) is 30.2 Å². The molecule has 0 unspecified atom stereocenters. The van der Waals surface area contributed by atoms with Crippen molar-refractivity contribution < 1.29 is 17.2 Å². The van der Waals surface area contributed by atoms with E-state index >= 15 is 0 Å². The molecule has 0 spiro atoms. The maximum atomic E-state index is 13.0. The fourth-order valence-corrected chi connectivity index (χ4v) is 4.26. The second-order valence-electron chi connectivity index (χ2n) is 6.40. The van der Waals surface area contributed by atoms with Gasteiger partial charge in [0.1, 0.15) is 17.8 Å². The number of aromatic nitrogens is 1. The molecule has 1 aliphatic rings. The van der Waals surface area contributed by atoms with Crippen LogP contribution < -0.4 is 4.72 Å². The molecule has 1 aliphatic carbocycles. The number of rotatable bonds is 5. The average Bonchev–Trinajstić information content (AvgIpc) is 3.23. The van der Waals surface area contributed by atoms with Gasteiger partial charge in [0.15, 0.2) is 5.89 Å². The van der Waals surface area contributed by atoms with E-state index in [4.69, 9.17) is 4.42 Å². The highest BCUT2D eigenvalue weighted by Crippen LogP contribution is 2.41. The molecule has 0 radical (unpaired) electrons. The third kappa shape index (κ3) is 3.40. The van der Waals surface area contributed by atoms with Gasteiger partial charge in [-0.3, -0.25) is 0 Å². The topological polar surface area (TPSA) is 72.2 Å². The van der Waals surface area contributed by atoms with Gasteiger partial charge in [0.2, 0.25) is 10.0 Å². The van der Waals surface area contributed by atoms with Gasteiger partial charge in [-0.05, 0) is 36.2 Å². The van der Waals surface area contributed by atoms with Crippen LogP contribution in [0.4, 0.5) is 4.39 Å². The maximum absolute atomic E-state index is 13.0. The summed E-state index contributed by atoms with van der Waals surface area (Å²) in [6.45, 7) is 1.75. The molecule has 1 N–H and O–H groups in total. The highest BCUT2D eigenvalue weighted by molar-refractivity contribution is 7.89. The van der Waals surface area contributed by atoms with E-state index in [1.807, 2.05) is 0 Å². The summed E-state index contributed by atoms with van der Waals surface area (Å²) in [5, 5.41) is 0. The van der Waals surface area contributed by atoms with Crippen molar-refractivity contribution in [2.24, 2.45) is 0 Å². The summed E-state index contributed by atoms with van der Waals surface area (Å²) < 4.78 is 46.0. The van der Waals surface area contributed by atoms with E-state index < -0.39 is 10.0 Å². The molecule has 1 saturated carbocycles. The van der Waals surface area contributed by atoms with Crippen molar-refractivity contribution >= 4 is 10.0 Å². The molecule has 4 rings (SSSR count). The summed E-state index contributed by atoms with van der Waals surface area (Å²) in [6.07, 6.45) is 2.25. The Morgan fingerprint density at radius 1 is 1.12 bits per heavy atom. The second-order valence-corrected chi connectivity index (χ2v) is 8.11. The van der Waals surface area contributed by atoms with Gasteiger partial charge in [-0.15, -0.1) is 0 Å². The van der Waals surface area contributed by atoms with E-state index in [1.54, 1.807) is 43.3 Å². The van der Waals surface area contributed by atoms with Crippen LogP contribution in [0.15, 0.2) is 64.1 Å². The second kappa shape index (κ2) is 6.34. The SMILES string of the molecule is Cc1nc(-c2ccc(S(=O)(=O)N[C@@H]3C[C@H]3c3ccc(F)cc3)cc2)co1. The van der Waals surface area contributed by atoms with Gasteiger partial charge in [0.25, 0.3) is 0 Å². The predicted octanol–water partition coefficient (Wildman–Crippen LogP) is 3.62. The van der Waals surface area contributed by atoms with E-state index in [2.05, 4.69) is 9.71 Å². The zero-order valence-corrected chi connectivity index (χ0v) is 14.8. The largest absolute Gasteiger partial charge is 0.449 e. The number of oxazole rings is 1. The predicted molar refractivity (Wildman–Crippen MR) is 94.5 cm³/mol. The fraction of sp³-hybridized carbons (Fsp3) is 0.211. The summed E-state index contributed by atoms with van der Waals surface area (Å²) in [4.78, 5) is 4.42. The molecule has 0 bridgehead atoms. The number of sulfonamides is 1. The van der Waals surface area contributed by atoms with E-state index in [0.717, 1.165) is 11.1 Å². The number of nitrogens with zero attached hydrogens (tertiary/aromatic N) is 1. The quantitative estimate of drug-likeness (QED) is 0.742. The van der Waals surface area contributed by atoms with Crippen molar-refractivity contribution in [1.82, 2.24) is 9.71 Å². The Bertz CT molecular complexity index is 1030. The first-order chi connectivity index (χ1) is 12.4. The highest BCUT2D eigenvalue weighted by Gasteiger charge is 2.41. The van der Waals surface area contributed by atoms with Gasteiger partial charge in [-0.2, -0.15) is 0 Å². The Morgan fingerprint density at radius 2 is 1.81 bits per heavy atom. The van der Waals surface area contributed by atoms with Crippen molar-refractivity contribution in [3.63, 3.8) is 0 Å². The molecule has 7 heteroatoms. The van der Waals surface area contributed by atoms with Crippen molar-refractivity contribution in [2.75, 3.05) is 0 Å². The van der Waals surface area contributed by atoms with Crippen LogP contribution >= 0.6 is 0 Å². The minimum atomic E-state index is -3.61. The molecule has 3 aromatic rings. The highest BCUT2D eigenvalue weighted by atomic mass is 32.2. The molecule has 1 aromatic heterocycles. The Morgan fingerprint density at radius 3 is 2.42 bits per heavy atom. The molecule has 134 valence electrons. The van der Waals surface area contributed by atoms with Gasteiger partial charge in [0, 0.05) is 24.4 Å². The Labute approximate surface area is 150 Å². The van der Waals surface area contributed by atoms with E-state index in [1.165, 1.54) is 18.4 Å². The first kappa shape index (κ1) is 16.9. The van der Waals surface area contributed by atoms with Crippen molar-refractivity contribution in [1.29, 1.82) is 0 Å². The van der Waals surface area contributed by atoms with Crippen LogP contribution in [0.3, 0.4) is 0 Å². The van der Waals surface area contributed by atoms with E-state index in [9.17, 15) is 12.8 Å². The smallest absolute Gasteiger partial charge is 0.240 e. The lowest BCUT2D eigenvalue weighted by molar-refractivity contribution is 0.521. The summed E-state index contributed by atoms with van der Waals surface area (Å²) in [7, 11) is -3.61. The van der Waals surface area contributed by atoms with Crippen LogP contribution in [0, 0.1) is 12.7 Å². The van der Waals surface area contributed by atoms with Crippen LogP contribution in [0.2, 0.25) is 0 Å². The summed E-state index contributed by atoms with van der Waals surface area (Å²) in [5.41, 5.74) is 2.39. The lowest BCUT2D eigenvalue weighted by Crippen LogP contribution is -2.26. The first-order valence-electron chi connectivity index (χ1n) is 8.23. The van der Waals surface area contributed by atoms with Crippen molar-refractivity contribution in [3.05, 3.63) is 72.1 Å². The zero-order chi connectivity index (χ0) is 18.3. The van der Waals surface area contributed by atoms with Gasteiger partial charge >= 0.3 is 0 Å². The number of halogens is 1. The standard InChI is InChI=1S/C19H17FN2O3S/c1-12-21-19(11-25-12)14-4-8-16(9-5-14)26(23,24)22-18-10-17(18)13-2-6-15(20)7-3-13/h2-9,11,17-18,22H,10H2,1H3/t17-,18+/m0/s1. The molecule has 2 aromatic carbocycles. The van der Waals surface area contributed by atoms with Crippen LogP contribution in [-0.2, 0) is 10.0 Å². The molecular formula is C19H17FN2O3S. The number of hydrogen-bond acceptors (Lipinski definition) is 4. The van der Waals surface area contributed by atoms with Gasteiger partial charge in [0.05, 0.1) is 4.90 Å². The molecule has 1 heterocycles. The average molecular weight is 372 g/mol. The fourth-order valence-electron chi connectivity index (χ4n) is 2.97. The Hall–Kier alpha value is -2.51. The number of hydrogen-bond donors (Lipinski definition) is 1. The van der Waals surface area contributed by atoms with Crippen LogP contribution in [0.1, 0.15) is 23.8 Å². The lowest BCUT2D eigenvalue weighted by atomic mass is 10.1. The molecule has 0 saturated heterocycles. The minimum absolute atomic E-state index is 0.0859. The molecule has 1 fully saturated rings. The molecule has 5 nitrogen and oxygen atoms in total. The number of nitrogens with one attached hydrogen (secondary N) is 1. The summed E-state index contributed by atoms with van der Waals surface area (Å²) in [6, 6.07) is 12.5. The van der Waals surface area contributed by atoms with Crippen molar-refractivity contribution in [3.8, 4) is 11.3 Å². The summed E-state index contributed by atoms with van der Waals surface area (Å²) in [5.74, 6) is 0.343. The van der Waals surface area contributed by atoms with Crippen LogP contribution in [-0.4, -0.2) is 19.4 Å². The maximum Gasteiger partial charge on any atom is 0.240 e. The lowest BCUT2D eigenvalue weighted by Gasteiger charge is -2.07. The van der Waals surface area contributed by atoms with Gasteiger partial charge < -0.3 is 4.42 Å². The number of benzene rings is 2. The van der Waals surface area contributed by atoms with Crippen LogP contribution in [0.25, 0.3) is 11.3 Å². The third-order valence-corrected chi connectivity index (χ3v) is 5.98. The molecule has 0 amide bonds. The van der Waals surface area contributed by atoms with E-state index in [-0.39, 0.29) is 22.7 Å². The Balaban J connectivity index is 1.46. The van der Waals surface area contributed by atoms with Crippen LogP contribution in [0.5, 0.6) is 0 Å². The minimum Gasteiger partial charge on any atom is -0.449 e. The molecule has 26 heavy (non-hydrogen) atoms. The third-order valence-electron chi connectivity index (χ3n) is 4.47. The molecule has 0 aliphatic heterocycles. The monoisotopic (exact) mass is 372 g/mol. The van der Waals surface area contributed by atoms with E-state index in [0.29, 0.717) is 18.0 Å².